The molecule has 0 aliphatic carbocycles. The first-order valence-electron chi connectivity index (χ1n) is 5.78. The van der Waals surface area contributed by atoms with Crippen molar-refractivity contribution in [3.8, 4) is 5.69 Å². The van der Waals surface area contributed by atoms with Crippen LogP contribution in [0.4, 0.5) is 4.39 Å². The van der Waals surface area contributed by atoms with E-state index in [-0.39, 0.29) is 11.7 Å². The number of alkyl halides is 1. The van der Waals surface area contributed by atoms with E-state index in [1.54, 1.807) is 6.07 Å². The molecule has 6 heteroatoms. The van der Waals surface area contributed by atoms with Gasteiger partial charge in [0.1, 0.15) is 11.6 Å². The van der Waals surface area contributed by atoms with E-state index in [0.29, 0.717) is 16.5 Å². The van der Waals surface area contributed by atoms with Crippen molar-refractivity contribution in [3.63, 3.8) is 0 Å². The lowest BCUT2D eigenvalue weighted by Gasteiger charge is -2.10. The minimum atomic E-state index is -0.378. The summed E-state index contributed by atoms with van der Waals surface area (Å²) < 4.78 is 16.0. The van der Waals surface area contributed by atoms with Gasteiger partial charge in [-0.25, -0.2) is 9.37 Å². The highest BCUT2D eigenvalue weighted by atomic mass is 79.9. The highest BCUT2D eigenvalue weighted by Crippen LogP contribution is 2.29. The molecule has 2 aromatic carbocycles. The van der Waals surface area contributed by atoms with Crippen LogP contribution in [0.25, 0.3) is 16.7 Å². The Morgan fingerprint density at radius 1 is 1.20 bits per heavy atom. The SMILES string of the molecule is Fc1ccc(-n2c(CCl)nc3ccc(Br)cc32)c(Cl)c1. The summed E-state index contributed by atoms with van der Waals surface area (Å²) in [6.45, 7) is 0. The molecule has 3 aromatic rings. The van der Waals surface area contributed by atoms with Gasteiger partial charge in [0.05, 0.1) is 27.6 Å². The summed E-state index contributed by atoms with van der Waals surface area (Å²) in [7, 11) is 0. The highest BCUT2D eigenvalue weighted by molar-refractivity contribution is 9.10. The lowest BCUT2D eigenvalue weighted by molar-refractivity contribution is 0.627. The molecule has 0 saturated heterocycles. The van der Waals surface area contributed by atoms with Crippen molar-refractivity contribution in [1.29, 1.82) is 0 Å². The number of imidazole rings is 1. The Morgan fingerprint density at radius 3 is 2.70 bits per heavy atom. The van der Waals surface area contributed by atoms with E-state index in [1.807, 2.05) is 22.8 Å². The predicted molar refractivity (Wildman–Crippen MR) is 83.3 cm³/mol. The molecule has 0 amide bonds. The van der Waals surface area contributed by atoms with Crippen LogP contribution >= 0.6 is 39.1 Å². The van der Waals surface area contributed by atoms with Crippen LogP contribution in [0.1, 0.15) is 5.82 Å². The first-order chi connectivity index (χ1) is 9.60. The molecule has 102 valence electrons. The molecule has 0 radical (unpaired) electrons. The Balaban J connectivity index is 2.36. The first-order valence-corrected chi connectivity index (χ1v) is 7.49. The van der Waals surface area contributed by atoms with Crippen molar-refractivity contribution in [2.75, 3.05) is 0 Å². The summed E-state index contributed by atoms with van der Waals surface area (Å²) in [5.74, 6) is 0.519. The lowest BCUT2D eigenvalue weighted by Crippen LogP contribution is -2.00. The van der Waals surface area contributed by atoms with E-state index >= 15 is 0 Å². The van der Waals surface area contributed by atoms with Gasteiger partial charge in [0, 0.05) is 4.47 Å². The summed E-state index contributed by atoms with van der Waals surface area (Å²) in [4.78, 5) is 4.47. The largest absolute Gasteiger partial charge is 0.294 e. The van der Waals surface area contributed by atoms with Gasteiger partial charge in [-0.15, -0.1) is 11.6 Å². The molecule has 1 aromatic heterocycles. The second-order valence-electron chi connectivity index (χ2n) is 4.23. The maximum atomic E-state index is 13.2. The molecule has 2 nitrogen and oxygen atoms in total. The van der Waals surface area contributed by atoms with Crippen molar-refractivity contribution in [1.82, 2.24) is 9.55 Å². The average molecular weight is 374 g/mol. The third-order valence-corrected chi connectivity index (χ3v) is 3.99. The van der Waals surface area contributed by atoms with Crippen LogP contribution in [0.3, 0.4) is 0 Å². The lowest BCUT2D eigenvalue weighted by atomic mass is 10.2. The van der Waals surface area contributed by atoms with Crippen LogP contribution in [0.5, 0.6) is 0 Å². The Labute approximate surface area is 133 Å². The van der Waals surface area contributed by atoms with Crippen LogP contribution in [0.2, 0.25) is 5.02 Å². The predicted octanol–water partition coefficient (Wildman–Crippen LogP) is 5.32. The van der Waals surface area contributed by atoms with Crippen molar-refractivity contribution in [2.24, 2.45) is 0 Å². The Bertz CT molecular complexity index is 801. The number of hydrogen-bond acceptors (Lipinski definition) is 1. The number of aromatic nitrogens is 2. The molecule has 0 aliphatic heterocycles. The van der Waals surface area contributed by atoms with Gasteiger partial charge in [-0.2, -0.15) is 0 Å². The topological polar surface area (TPSA) is 17.8 Å². The molecule has 0 saturated carbocycles. The van der Waals surface area contributed by atoms with Gasteiger partial charge >= 0.3 is 0 Å². The zero-order chi connectivity index (χ0) is 14.3. The Hall–Kier alpha value is -1.10. The minimum absolute atomic E-state index is 0.236. The highest BCUT2D eigenvalue weighted by Gasteiger charge is 2.14. The second kappa shape index (κ2) is 5.35. The van der Waals surface area contributed by atoms with Crippen molar-refractivity contribution < 1.29 is 4.39 Å². The van der Waals surface area contributed by atoms with E-state index < -0.39 is 0 Å². The van der Waals surface area contributed by atoms with E-state index in [9.17, 15) is 4.39 Å². The number of benzene rings is 2. The fraction of sp³-hybridized carbons (Fsp3) is 0.0714. The normalized spacial score (nSPS) is 11.2. The molecule has 0 aliphatic rings. The molecular formula is C14H8BrCl2FN2. The number of nitrogens with zero attached hydrogens (tertiary/aromatic N) is 2. The van der Waals surface area contributed by atoms with Crippen LogP contribution in [0, 0.1) is 5.82 Å². The zero-order valence-corrected chi connectivity index (χ0v) is 13.2. The van der Waals surface area contributed by atoms with Gasteiger partial charge in [0.2, 0.25) is 0 Å². The molecule has 0 atom stereocenters. The minimum Gasteiger partial charge on any atom is -0.294 e. The number of halogens is 4. The maximum absolute atomic E-state index is 13.2. The van der Waals surface area contributed by atoms with Gasteiger partial charge in [0.25, 0.3) is 0 Å². The van der Waals surface area contributed by atoms with E-state index in [4.69, 9.17) is 23.2 Å². The average Bonchev–Trinajstić information content (AvgIpc) is 2.76. The maximum Gasteiger partial charge on any atom is 0.129 e. The first kappa shape index (κ1) is 13.9. The summed E-state index contributed by atoms with van der Waals surface area (Å²) in [6.07, 6.45) is 0. The molecule has 0 spiro atoms. The molecule has 0 N–H and O–H groups in total. The van der Waals surface area contributed by atoms with E-state index in [1.165, 1.54) is 12.1 Å². The molecule has 0 bridgehead atoms. The van der Waals surface area contributed by atoms with Crippen LogP contribution < -0.4 is 0 Å². The summed E-state index contributed by atoms with van der Waals surface area (Å²) in [5.41, 5.74) is 2.33. The number of fused-ring (bicyclic) bond motifs is 1. The van der Waals surface area contributed by atoms with Crippen LogP contribution in [-0.4, -0.2) is 9.55 Å². The zero-order valence-electron chi connectivity index (χ0n) is 10.1. The van der Waals surface area contributed by atoms with Crippen LogP contribution in [-0.2, 0) is 5.88 Å². The van der Waals surface area contributed by atoms with Gasteiger partial charge < -0.3 is 0 Å². The Morgan fingerprint density at radius 2 is 2.00 bits per heavy atom. The third kappa shape index (κ3) is 2.32. The van der Waals surface area contributed by atoms with Gasteiger partial charge in [-0.1, -0.05) is 27.5 Å². The molecule has 0 unspecified atom stereocenters. The van der Waals surface area contributed by atoms with Gasteiger partial charge in [-0.3, -0.25) is 4.57 Å². The smallest absolute Gasteiger partial charge is 0.129 e. The van der Waals surface area contributed by atoms with Crippen molar-refractivity contribution in [3.05, 3.63) is 57.5 Å². The van der Waals surface area contributed by atoms with Gasteiger partial charge in [-0.05, 0) is 36.4 Å². The second-order valence-corrected chi connectivity index (χ2v) is 5.82. The standard InChI is InChI=1S/C14H8BrCl2FN2/c15-8-1-3-11-13(5-8)20(14(7-16)19-11)12-4-2-9(18)6-10(12)17/h1-6H,7H2. The quantitative estimate of drug-likeness (QED) is 0.556. The monoisotopic (exact) mass is 372 g/mol. The van der Waals surface area contributed by atoms with E-state index in [2.05, 4.69) is 20.9 Å². The summed E-state index contributed by atoms with van der Waals surface area (Å²) in [5, 5.41) is 0.315. The summed E-state index contributed by atoms with van der Waals surface area (Å²) in [6, 6.07) is 9.99. The summed E-state index contributed by atoms with van der Waals surface area (Å²) >= 11 is 15.5. The molecule has 0 fully saturated rings. The molecule has 3 rings (SSSR count). The molecule has 20 heavy (non-hydrogen) atoms. The number of hydrogen-bond donors (Lipinski definition) is 0. The van der Waals surface area contributed by atoms with Crippen molar-refractivity contribution in [2.45, 2.75) is 5.88 Å². The fourth-order valence-electron chi connectivity index (χ4n) is 2.12. The van der Waals surface area contributed by atoms with Gasteiger partial charge in [0.15, 0.2) is 0 Å². The van der Waals surface area contributed by atoms with Crippen molar-refractivity contribution >= 4 is 50.2 Å². The third-order valence-electron chi connectivity index (χ3n) is 2.96. The fourth-order valence-corrected chi connectivity index (χ4v) is 2.90. The van der Waals surface area contributed by atoms with E-state index in [0.717, 1.165) is 15.5 Å². The number of rotatable bonds is 2. The van der Waals surface area contributed by atoms with Crippen LogP contribution in [0.15, 0.2) is 40.9 Å². The molecule has 1 heterocycles. The molecular weight excluding hydrogens is 366 g/mol. The Kier molecular flexibility index (Phi) is 3.71.